The number of benzene rings is 2. The topological polar surface area (TPSA) is 90.9 Å². The van der Waals surface area contributed by atoms with Crippen molar-refractivity contribution < 1.29 is 4.79 Å². The van der Waals surface area contributed by atoms with Gasteiger partial charge in [0.2, 0.25) is 0 Å². The number of nitrogens with two attached hydrogens (primary N) is 1. The Bertz CT molecular complexity index is 730. The van der Waals surface area contributed by atoms with Gasteiger partial charge >= 0.3 is 0 Å². The van der Waals surface area contributed by atoms with Crippen LogP contribution in [-0.4, -0.2) is 12.5 Å². The molecule has 0 aliphatic heterocycles. The van der Waals surface area contributed by atoms with Crippen LogP contribution in [0.25, 0.3) is 0 Å². The summed E-state index contributed by atoms with van der Waals surface area (Å²) < 4.78 is 0. The normalized spacial score (nSPS) is 10.7. The van der Waals surface area contributed by atoms with Crippen molar-refractivity contribution in [1.29, 1.82) is 5.26 Å². The Morgan fingerprint density at radius 1 is 1.12 bits per heavy atom. The molecule has 0 fully saturated rings. The fourth-order valence-electron chi connectivity index (χ4n) is 2.13. The number of nitrogens with one attached hydrogen (secondary N) is 2. The van der Waals surface area contributed by atoms with E-state index in [2.05, 4.69) is 22.8 Å². The summed E-state index contributed by atoms with van der Waals surface area (Å²) >= 11 is 0. The number of hydrogen-bond acceptors (Lipinski definition) is 4. The lowest BCUT2D eigenvalue weighted by Crippen LogP contribution is -2.17. The summed E-state index contributed by atoms with van der Waals surface area (Å²) in [6.07, 6.45) is 3.32. The minimum Gasteiger partial charge on any atom is -0.399 e. The summed E-state index contributed by atoms with van der Waals surface area (Å²) in [4.78, 5) is 12.0. The number of nitrogens with zero attached hydrogens (tertiary/aromatic N) is 1. The molecule has 5 nitrogen and oxygen atoms in total. The van der Waals surface area contributed by atoms with Crippen LogP contribution >= 0.6 is 0 Å². The first-order valence-electron chi connectivity index (χ1n) is 7.73. The molecule has 24 heavy (non-hydrogen) atoms. The summed E-state index contributed by atoms with van der Waals surface area (Å²) in [5.74, 6) is -0.446. The third kappa shape index (κ3) is 5.50. The lowest BCUT2D eigenvalue weighted by atomic mass is 10.1. The summed E-state index contributed by atoms with van der Waals surface area (Å²) in [5.41, 5.74) is 8.11. The molecule has 0 bridgehead atoms. The molecular weight excluding hydrogens is 300 g/mol. The van der Waals surface area contributed by atoms with Gasteiger partial charge in [-0.3, -0.25) is 4.79 Å². The van der Waals surface area contributed by atoms with E-state index in [1.807, 2.05) is 24.3 Å². The first kappa shape index (κ1) is 17.1. The maximum Gasteiger partial charge on any atom is 0.267 e. The number of amides is 1. The molecule has 2 rings (SSSR count). The monoisotopic (exact) mass is 320 g/mol. The van der Waals surface area contributed by atoms with E-state index in [0.29, 0.717) is 17.9 Å². The van der Waals surface area contributed by atoms with Gasteiger partial charge in [-0.25, -0.2) is 0 Å². The summed E-state index contributed by atoms with van der Waals surface area (Å²) in [7, 11) is 0. The van der Waals surface area contributed by atoms with Crippen molar-refractivity contribution in [1.82, 2.24) is 5.32 Å². The third-order valence-corrected chi connectivity index (χ3v) is 3.41. The van der Waals surface area contributed by atoms with Crippen molar-refractivity contribution in [3.8, 4) is 6.07 Å². The minimum atomic E-state index is -0.446. The van der Waals surface area contributed by atoms with E-state index >= 15 is 0 Å². The predicted octanol–water partition coefficient (Wildman–Crippen LogP) is 2.84. The Kier molecular flexibility index (Phi) is 6.42. The molecule has 2 aromatic carbocycles. The average molecular weight is 320 g/mol. The average Bonchev–Trinajstić information content (AvgIpc) is 2.61. The lowest BCUT2D eigenvalue weighted by Gasteiger charge is -2.06. The molecule has 0 spiro atoms. The maximum absolute atomic E-state index is 12.0. The second-order valence-electron chi connectivity index (χ2n) is 5.29. The van der Waals surface area contributed by atoms with Crippen molar-refractivity contribution in [2.45, 2.75) is 12.8 Å². The maximum atomic E-state index is 12.0. The van der Waals surface area contributed by atoms with Gasteiger partial charge < -0.3 is 16.4 Å². The second kappa shape index (κ2) is 9.01. The zero-order valence-electron chi connectivity index (χ0n) is 13.3. The Labute approximate surface area is 141 Å². The molecule has 0 aliphatic carbocycles. The lowest BCUT2D eigenvalue weighted by molar-refractivity contribution is -0.112. The van der Waals surface area contributed by atoms with Crippen molar-refractivity contribution in [2.24, 2.45) is 0 Å². The van der Waals surface area contributed by atoms with Gasteiger partial charge in [-0.15, -0.1) is 0 Å². The molecule has 5 heteroatoms. The van der Waals surface area contributed by atoms with Gasteiger partial charge in [0, 0.05) is 24.1 Å². The Morgan fingerprint density at radius 3 is 2.50 bits per heavy atom. The highest BCUT2D eigenvalue weighted by atomic mass is 16.1. The number of aryl methyl sites for hydroxylation is 1. The summed E-state index contributed by atoms with van der Waals surface area (Å²) in [6.45, 7) is 0.690. The number of rotatable bonds is 7. The molecule has 0 radical (unpaired) electrons. The van der Waals surface area contributed by atoms with Gasteiger partial charge in [0.1, 0.15) is 11.6 Å². The molecular formula is C19H20N4O. The first-order chi connectivity index (χ1) is 11.7. The van der Waals surface area contributed by atoms with Crippen LogP contribution in [0.1, 0.15) is 12.0 Å². The number of anilines is 2. The number of carbonyl (C=O) groups is 1. The van der Waals surface area contributed by atoms with Gasteiger partial charge in [0.25, 0.3) is 5.91 Å². The van der Waals surface area contributed by atoms with Crippen LogP contribution in [0.5, 0.6) is 0 Å². The minimum absolute atomic E-state index is 0.0338. The van der Waals surface area contributed by atoms with Gasteiger partial charge in [-0.2, -0.15) is 5.26 Å². The van der Waals surface area contributed by atoms with Gasteiger partial charge in [-0.05, 0) is 42.7 Å². The van der Waals surface area contributed by atoms with E-state index in [1.54, 1.807) is 24.3 Å². The van der Waals surface area contributed by atoms with Crippen molar-refractivity contribution >= 4 is 17.3 Å². The van der Waals surface area contributed by atoms with Gasteiger partial charge in [0.05, 0.1) is 0 Å². The van der Waals surface area contributed by atoms with Gasteiger partial charge in [0.15, 0.2) is 0 Å². The van der Waals surface area contributed by atoms with E-state index < -0.39 is 5.91 Å². The van der Waals surface area contributed by atoms with Crippen molar-refractivity contribution in [2.75, 3.05) is 17.6 Å². The van der Waals surface area contributed by atoms with Crippen LogP contribution in [0.2, 0.25) is 0 Å². The Hall–Kier alpha value is -3.26. The predicted molar refractivity (Wildman–Crippen MR) is 95.9 cm³/mol. The highest BCUT2D eigenvalue weighted by Crippen LogP contribution is 2.11. The highest BCUT2D eigenvalue weighted by Gasteiger charge is 2.08. The van der Waals surface area contributed by atoms with Crippen LogP contribution in [0.3, 0.4) is 0 Å². The molecule has 0 unspecified atom stereocenters. The zero-order valence-corrected chi connectivity index (χ0v) is 13.3. The van der Waals surface area contributed by atoms with Crippen LogP contribution in [0.4, 0.5) is 11.4 Å². The molecule has 4 N–H and O–H groups in total. The molecule has 0 aliphatic rings. The molecule has 0 saturated heterocycles. The van der Waals surface area contributed by atoms with E-state index in [9.17, 15) is 4.79 Å². The van der Waals surface area contributed by atoms with Crippen molar-refractivity contribution in [3.05, 3.63) is 71.9 Å². The van der Waals surface area contributed by atoms with E-state index in [4.69, 9.17) is 11.0 Å². The molecule has 0 atom stereocenters. The number of hydrogen-bond donors (Lipinski definition) is 3. The van der Waals surface area contributed by atoms with E-state index in [-0.39, 0.29) is 5.57 Å². The Balaban J connectivity index is 1.79. The smallest absolute Gasteiger partial charge is 0.267 e. The van der Waals surface area contributed by atoms with Crippen LogP contribution in [0.15, 0.2) is 66.4 Å². The third-order valence-electron chi connectivity index (χ3n) is 3.41. The molecule has 122 valence electrons. The molecule has 1 amide bonds. The molecule has 0 saturated carbocycles. The second-order valence-corrected chi connectivity index (χ2v) is 5.29. The highest BCUT2D eigenvalue weighted by molar-refractivity contribution is 6.06. The molecule has 0 heterocycles. The fourth-order valence-corrected chi connectivity index (χ4v) is 2.13. The quantitative estimate of drug-likeness (QED) is 0.317. The Morgan fingerprint density at radius 2 is 1.83 bits per heavy atom. The van der Waals surface area contributed by atoms with Gasteiger partial charge in [-0.1, -0.05) is 30.3 Å². The largest absolute Gasteiger partial charge is 0.399 e. The standard InChI is InChI=1S/C19H20N4O/c20-13-16(19(24)23-18-10-8-17(21)9-11-18)14-22-12-4-7-15-5-2-1-3-6-15/h1-3,5-6,8-11,14,22H,4,7,12,21H2,(H,23,24)/b16-14-. The number of nitriles is 1. The first-order valence-corrected chi connectivity index (χ1v) is 7.73. The van der Waals surface area contributed by atoms with Crippen LogP contribution in [0, 0.1) is 11.3 Å². The molecule has 2 aromatic rings. The summed E-state index contributed by atoms with van der Waals surface area (Å²) in [6, 6.07) is 18.8. The molecule has 0 aromatic heterocycles. The fraction of sp³-hybridized carbons (Fsp3) is 0.158. The van der Waals surface area contributed by atoms with E-state index in [1.165, 1.54) is 11.8 Å². The number of carbonyl (C=O) groups excluding carboxylic acids is 1. The zero-order chi connectivity index (χ0) is 17.2. The van der Waals surface area contributed by atoms with Crippen LogP contribution < -0.4 is 16.4 Å². The SMILES string of the molecule is N#C/C(=C/NCCCc1ccccc1)C(=O)Nc1ccc(N)cc1. The van der Waals surface area contributed by atoms with Crippen LogP contribution in [-0.2, 0) is 11.2 Å². The van der Waals surface area contributed by atoms with Crippen molar-refractivity contribution in [3.63, 3.8) is 0 Å². The summed E-state index contributed by atoms with van der Waals surface area (Å²) in [5, 5.41) is 14.8. The number of nitrogen functional groups attached to an aromatic ring is 1. The van der Waals surface area contributed by atoms with E-state index in [0.717, 1.165) is 12.8 Å².